The normalized spacial score (nSPS) is 10.1. The molecule has 14 heavy (non-hydrogen) atoms. The molecule has 0 atom stereocenters. The monoisotopic (exact) mass is 208 g/mol. The van der Waals surface area contributed by atoms with Gasteiger partial charge in [0.05, 0.1) is 4.90 Å². The Balaban J connectivity index is 3.38. The molecule has 72 valence electrons. The summed E-state index contributed by atoms with van der Waals surface area (Å²) in [6.45, 7) is 0. The van der Waals surface area contributed by atoms with Crippen LogP contribution in [0.3, 0.4) is 0 Å². The standard InChI is InChI=1S/C10H8O3S/c1-14(12,13)10-7-3-2-5-9(10)6-4-8-11/h2-3,5,7-8H,1H3. The van der Waals surface area contributed by atoms with Gasteiger partial charge in [-0.1, -0.05) is 18.1 Å². The third-order valence-corrected chi connectivity index (χ3v) is 2.71. The fraction of sp³-hybridized carbons (Fsp3) is 0.100. The van der Waals surface area contributed by atoms with Crippen LogP contribution in [0, 0.1) is 11.8 Å². The summed E-state index contributed by atoms with van der Waals surface area (Å²) in [6, 6.07) is 6.31. The van der Waals surface area contributed by atoms with E-state index in [0.29, 0.717) is 11.8 Å². The molecule has 0 aliphatic carbocycles. The van der Waals surface area contributed by atoms with E-state index in [-0.39, 0.29) is 4.90 Å². The molecule has 0 amide bonds. The van der Waals surface area contributed by atoms with E-state index in [1.54, 1.807) is 18.2 Å². The lowest BCUT2D eigenvalue weighted by atomic mass is 10.2. The molecule has 3 nitrogen and oxygen atoms in total. The molecule has 0 unspecified atom stereocenters. The fourth-order valence-electron chi connectivity index (χ4n) is 1.00. The third-order valence-electron chi connectivity index (χ3n) is 1.55. The molecular formula is C10H8O3S. The maximum absolute atomic E-state index is 11.3. The van der Waals surface area contributed by atoms with Crippen molar-refractivity contribution in [2.24, 2.45) is 0 Å². The number of benzene rings is 1. The van der Waals surface area contributed by atoms with Crippen molar-refractivity contribution < 1.29 is 13.2 Å². The molecule has 0 spiro atoms. The first-order valence-corrected chi connectivity index (χ1v) is 5.69. The third kappa shape index (κ3) is 2.44. The van der Waals surface area contributed by atoms with Crippen molar-refractivity contribution in [3.05, 3.63) is 29.8 Å². The zero-order valence-corrected chi connectivity index (χ0v) is 8.34. The zero-order chi connectivity index (χ0) is 10.6. The molecule has 1 rings (SSSR count). The summed E-state index contributed by atoms with van der Waals surface area (Å²) in [7, 11) is -3.28. The van der Waals surface area contributed by atoms with Crippen LogP contribution in [0.4, 0.5) is 0 Å². The Morgan fingerprint density at radius 2 is 1.93 bits per heavy atom. The summed E-state index contributed by atoms with van der Waals surface area (Å²) in [6.07, 6.45) is 1.54. The number of carbonyl (C=O) groups excluding carboxylic acids is 1. The molecule has 1 aromatic rings. The molecule has 0 heterocycles. The highest BCUT2D eigenvalue weighted by Gasteiger charge is 2.10. The van der Waals surface area contributed by atoms with Crippen molar-refractivity contribution in [3.63, 3.8) is 0 Å². The first-order valence-electron chi connectivity index (χ1n) is 3.80. The smallest absolute Gasteiger partial charge is 0.193 e. The summed E-state index contributed by atoms with van der Waals surface area (Å²) in [4.78, 5) is 10.2. The summed E-state index contributed by atoms with van der Waals surface area (Å²) in [5, 5.41) is 0. The van der Waals surface area contributed by atoms with Gasteiger partial charge in [-0.2, -0.15) is 0 Å². The zero-order valence-electron chi connectivity index (χ0n) is 7.52. The van der Waals surface area contributed by atoms with Gasteiger partial charge < -0.3 is 0 Å². The summed E-state index contributed by atoms with van der Waals surface area (Å²) < 4.78 is 22.5. The predicted molar refractivity (Wildman–Crippen MR) is 52.5 cm³/mol. The highest BCUT2D eigenvalue weighted by molar-refractivity contribution is 7.90. The Labute approximate surface area is 82.7 Å². The molecular weight excluding hydrogens is 200 g/mol. The maximum Gasteiger partial charge on any atom is 0.193 e. The molecule has 0 saturated heterocycles. The van der Waals surface area contributed by atoms with Gasteiger partial charge in [-0.05, 0) is 18.1 Å². The Morgan fingerprint density at radius 1 is 1.29 bits per heavy atom. The SMILES string of the molecule is CS(=O)(=O)c1ccccc1C#CC=O. The van der Waals surface area contributed by atoms with Crippen LogP contribution in [0.15, 0.2) is 29.2 Å². The molecule has 0 radical (unpaired) electrons. The topological polar surface area (TPSA) is 51.2 Å². The number of hydrogen-bond acceptors (Lipinski definition) is 3. The minimum Gasteiger partial charge on any atom is -0.289 e. The largest absolute Gasteiger partial charge is 0.289 e. The minimum absolute atomic E-state index is 0.148. The van der Waals surface area contributed by atoms with Crippen LogP contribution in [0.25, 0.3) is 0 Å². The predicted octanol–water partition coefficient (Wildman–Crippen LogP) is 0.641. The molecule has 0 aliphatic heterocycles. The van der Waals surface area contributed by atoms with Gasteiger partial charge >= 0.3 is 0 Å². The van der Waals surface area contributed by atoms with Gasteiger partial charge in [-0.3, -0.25) is 4.79 Å². The molecule has 0 aromatic heterocycles. The summed E-state index contributed by atoms with van der Waals surface area (Å²) >= 11 is 0. The lowest BCUT2D eigenvalue weighted by Gasteiger charge is -1.99. The first-order chi connectivity index (χ1) is 6.55. The van der Waals surface area contributed by atoms with Gasteiger partial charge in [0, 0.05) is 11.8 Å². The molecule has 0 fully saturated rings. The average molecular weight is 208 g/mol. The van der Waals surface area contributed by atoms with Gasteiger partial charge in [0.2, 0.25) is 0 Å². The van der Waals surface area contributed by atoms with E-state index >= 15 is 0 Å². The number of aldehydes is 1. The van der Waals surface area contributed by atoms with Crippen LogP contribution < -0.4 is 0 Å². The van der Waals surface area contributed by atoms with E-state index in [2.05, 4.69) is 11.8 Å². The quantitative estimate of drug-likeness (QED) is 0.502. The number of sulfone groups is 1. The van der Waals surface area contributed by atoms with Crippen LogP contribution in [0.2, 0.25) is 0 Å². The van der Waals surface area contributed by atoms with Crippen LogP contribution in [-0.4, -0.2) is 21.0 Å². The lowest BCUT2D eigenvalue weighted by Crippen LogP contribution is -1.99. The van der Waals surface area contributed by atoms with E-state index in [9.17, 15) is 13.2 Å². The lowest BCUT2D eigenvalue weighted by molar-refractivity contribution is -0.103. The van der Waals surface area contributed by atoms with Gasteiger partial charge in [0.15, 0.2) is 16.1 Å². The summed E-state index contributed by atoms with van der Waals surface area (Å²) in [5.74, 6) is 4.65. The molecule has 0 saturated carbocycles. The number of carbonyl (C=O) groups is 1. The summed E-state index contributed by atoms with van der Waals surface area (Å²) in [5.41, 5.74) is 0.349. The highest BCUT2D eigenvalue weighted by atomic mass is 32.2. The van der Waals surface area contributed by atoms with Crippen LogP contribution >= 0.6 is 0 Å². The van der Waals surface area contributed by atoms with E-state index in [1.807, 2.05) is 0 Å². The van der Waals surface area contributed by atoms with Crippen molar-refractivity contribution in [1.29, 1.82) is 0 Å². The van der Waals surface area contributed by atoms with Gasteiger partial charge in [0.1, 0.15) is 0 Å². The fourth-order valence-corrected chi connectivity index (χ4v) is 1.84. The maximum atomic E-state index is 11.3. The van der Waals surface area contributed by atoms with Crippen molar-refractivity contribution in [3.8, 4) is 11.8 Å². The van der Waals surface area contributed by atoms with E-state index in [1.165, 1.54) is 6.07 Å². The molecule has 4 heteroatoms. The number of hydrogen-bond donors (Lipinski definition) is 0. The first kappa shape index (κ1) is 10.5. The second-order valence-corrected chi connectivity index (χ2v) is 4.64. The molecule has 1 aromatic carbocycles. The van der Waals surface area contributed by atoms with E-state index in [0.717, 1.165) is 6.26 Å². The van der Waals surface area contributed by atoms with Crippen molar-refractivity contribution in [1.82, 2.24) is 0 Å². The van der Waals surface area contributed by atoms with Crippen LogP contribution in [0.1, 0.15) is 5.56 Å². The van der Waals surface area contributed by atoms with E-state index in [4.69, 9.17) is 0 Å². The van der Waals surface area contributed by atoms with Crippen LogP contribution in [0.5, 0.6) is 0 Å². The highest BCUT2D eigenvalue weighted by Crippen LogP contribution is 2.13. The van der Waals surface area contributed by atoms with Crippen molar-refractivity contribution in [2.45, 2.75) is 4.90 Å². The molecule has 0 bridgehead atoms. The van der Waals surface area contributed by atoms with Crippen molar-refractivity contribution >= 4 is 16.1 Å². The van der Waals surface area contributed by atoms with E-state index < -0.39 is 9.84 Å². The Bertz CT molecular complexity index is 504. The second-order valence-electron chi connectivity index (χ2n) is 2.66. The second kappa shape index (κ2) is 4.07. The Morgan fingerprint density at radius 3 is 2.50 bits per heavy atom. The van der Waals surface area contributed by atoms with Gasteiger partial charge in [-0.15, -0.1) is 0 Å². The average Bonchev–Trinajstić information content (AvgIpc) is 2.14. The van der Waals surface area contributed by atoms with Gasteiger partial charge in [0.25, 0.3) is 0 Å². The molecule has 0 aliphatic rings. The Kier molecular flexibility index (Phi) is 3.05. The number of rotatable bonds is 1. The van der Waals surface area contributed by atoms with Gasteiger partial charge in [-0.25, -0.2) is 8.42 Å². The molecule has 0 N–H and O–H groups in total. The van der Waals surface area contributed by atoms with Crippen LogP contribution in [-0.2, 0) is 14.6 Å². The minimum atomic E-state index is -3.28. The Hall–Kier alpha value is -1.60. The van der Waals surface area contributed by atoms with Crippen molar-refractivity contribution in [2.75, 3.05) is 6.26 Å².